The van der Waals surface area contributed by atoms with Gasteiger partial charge in [0.05, 0.1) is 12.1 Å². The minimum atomic E-state index is 0.0130. The van der Waals surface area contributed by atoms with Crippen molar-refractivity contribution in [3.05, 3.63) is 40.5 Å². The van der Waals surface area contributed by atoms with E-state index in [0.29, 0.717) is 10.9 Å². The highest BCUT2D eigenvalue weighted by molar-refractivity contribution is 6.31. The molecule has 2 rings (SSSR count). The number of hydrogen-bond acceptors (Lipinski definition) is 2. The van der Waals surface area contributed by atoms with Crippen LogP contribution in [0.5, 0.6) is 0 Å². The Morgan fingerprint density at radius 2 is 2.06 bits per heavy atom. The Morgan fingerprint density at radius 1 is 1.31 bits per heavy atom. The summed E-state index contributed by atoms with van der Waals surface area (Å²) in [4.78, 5) is 4.55. The van der Waals surface area contributed by atoms with E-state index in [4.69, 9.17) is 11.6 Å². The lowest BCUT2D eigenvalue weighted by Gasteiger charge is -2.10. The Balaban J connectivity index is 2.73. The first kappa shape index (κ1) is 11.4. The zero-order valence-electron chi connectivity index (χ0n) is 9.37. The molecule has 0 aliphatic heterocycles. The molecule has 0 bridgehead atoms. The van der Waals surface area contributed by atoms with E-state index in [-0.39, 0.29) is 6.61 Å². The number of fused-ring (bicyclic) bond motifs is 1. The van der Waals surface area contributed by atoms with Crippen LogP contribution in [0.15, 0.2) is 24.3 Å². The van der Waals surface area contributed by atoms with Crippen molar-refractivity contribution in [1.29, 1.82) is 0 Å². The van der Waals surface area contributed by atoms with E-state index in [0.717, 1.165) is 22.2 Å². The molecule has 0 spiro atoms. The van der Waals surface area contributed by atoms with E-state index in [9.17, 15) is 5.11 Å². The predicted octanol–water partition coefficient (Wildman–Crippen LogP) is 3.50. The van der Waals surface area contributed by atoms with Gasteiger partial charge in [0.25, 0.3) is 0 Å². The Hall–Kier alpha value is -1.12. The van der Waals surface area contributed by atoms with Gasteiger partial charge in [-0.3, -0.25) is 4.98 Å². The molecule has 0 amide bonds. The molecule has 2 nitrogen and oxygen atoms in total. The van der Waals surface area contributed by atoms with Crippen LogP contribution in [-0.4, -0.2) is 10.1 Å². The Kier molecular flexibility index (Phi) is 3.13. The molecule has 0 unspecified atom stereocenters. The summed E-state index contributed by atoms with van der Waals surface area (Å²) in [6.07, 6.45) is 0. The first-order chi connectivity index (χ1) is 7.61. The number of aromatic nitrogens is 1. The number of rotatable bonds is 2. The van der Waals surface area contributed by atoms with Crippen molar-refractivity contribution in [3.63, 3.8) is 0 Å². The van der Waals surface area contributed by atoms with Crippen LogP contribution in [0.3, 0.4) is 0 Å². The fraction of sp³-hybridized carbons (Fsp3) is 0.308. The molecule has 0 saturated carbocycles. The molecular formula is C13H14ClNO. The standard InChI is InChI=1S/C13H14ClNO/c1-8(2)13-5-9(7-16)11-6-10(14)3-4-12(11)15-13/h3-6,8,16H,7H2,1-2H3. The fourth-order valence-corrected chi connectivity index (χ4v) is 1.89. The topological polar surface area (TPSA) is 33.1 Å². The van der Waals surface area contributed by atoms with Crippen LogP contribution in [0.2, 0.25) is 5.02 Å². The number of benzene rings is 1. The van der Waals surface area contributed by atoms with E-state index in [1.165, 1.54) is 0 Å². The molecule has 0 radical (unpaired) electrons. The third kappa shape index (κ3) is 2.04. The Labute approximate surface area is 99.9 Å². The molecule has 2 aromatic rings. The van der Waals surface area contributed by atoms with Crippen molar-refractivity contribution in [2.24, 2.45) is 0 Å². The van der Waals surface area contributed by atoms with Gasteiger partial charge in [-0.1, -0.05) is 25.4 Å². The number of hydrogen-bond donors (Lipinski definition) is 1. The average Bonchev–Trinajstić information content (AvgIpc) is 2.27. The predicted molar refractivity (Wildman–Crippen MR) is 66.8 cm³/mol. The molecule has 1 heterocycles. The quantitative estimate of drug-likeness (QED) is 0.864. The molecule has 0 saturated heterocycles. The van der Waals surface area contributed by atoms with E-state index in [1.807, 2.05) is 24.3 Å². The van der Waals surface area contributed by atoms with Gasteiger partial charge in [-0.2, -0.15) is 0 Å². The summed E-state index contributed by atoms with van der Waals surface area (Å²) in [7, 11) is 0. The van der Waals surface area contributed by atoms with Crippen LogP contribution in [0, 0.1) is 0 Å². The van der Waals surface area contributed by atoms with Crippen LogP contribution in [-0.2, 0) is 6.61 Å². The Morgan fingerprint density at radius 3 is 2.69 bits per heavy atom. The first-order valence-corrected chi connectivity index (χ1v) is 5.69. The van der Waals surface area contributed by atoms with Crippen LogP contribution < -0.4 is 0 Å². The molecule has 1 N–H and O–H groups in total. The van der Waals surface area contributed by atoms with Crippen LogP contribution in [0.4, 0.5) is 0 Å². The maximum absolute atomic E-state index is 9.36. The summed E-state index contributed by atoms with van der Waals surface area (Å²) in [6, 6.07) is 7.51. The molecule has 3 heteroatoms. The molecular weight excluding hydrogens is 222 g/mol. The SMILES string of the molecule is CC(C)c1cc(CO)c2cc(Cl)ccc2n1. The van der Waals surface area contributed by atoms with Gasteiger partial charge in [-0.05, 0) is 35.7 Å². The van der Waals surface area contributed by atoms with Gasteiger partial charge >= 0.3 is 0 Å². The second kappa shape index (κ2) is 4.40. The summed E-state index contributed by atoms with van der Waals surface area (Å²) in [5, 5.41) is 11.0. The van der Waals surface area contributed by atoms with Gasteiger partial charge in [0.2, 0.25) is 0 Å². The number of aliphatic hydroxyl groups excluding tert-OH is 1. The summed E-state index contributed by atoms with van der Waals surface area (Å²) < 4.78 is 0. The summed E-state index contributed by atoms with van der Waals surface area (Å²) in [6.45, 7) is 4.19. The molecule has 84 valence electrons. The molecule has 1 aromatic heterocycles. The van der Waals surface area contributed by atoms with Crippen molar-refractivity contribution in [1.82, 2.24) is 4.98 Å². The van der Waals surface area contributed by atoms with Crippen LogP contribution >= 0.6 is 11.6 Å². The minimum absolute atomic E-state index is 0.0130. The maximum Gasteiger partial charge on any atom is 0.0710 e. The molecule has 0 fully saturated rings. The largest absolute Gasteiger partial charge is 0.392 e. The van der Waals surface area contributed by atoms with Crippen molar-refractivity contribution in [3.8, 4) is 0 Å². The monoisotopic (exact) mass is 235 g/mol. The highest BCUT2D eigenvalue weighted by atomic mass is 35.5. The summed E-state index contributed by atoms with van der Waals surface area (Å²) in [5.41, 5.74) is 2.77. The number of nitrogens with zero attached hydrogens (tertiary/aromatic N) is 1. The molecule has 0 aliphatic rings. The number of halogens is 1. The van der Waals surface area contributed by atoms with Gasteiger partial charge in [0.15, 0.2) is 0 Å². The molecule has 1 aromatic carbocycles. The normalized spacial score (nSPS) is 11.3. The minimum Gasteiger partial charge on any atom is -0.392 e. The number of pyridine rings is 1. The van der Waals surface area contributed by atoms with Gasteiger partial charge in [-0.25, -0.2) is 0 Å². The Bertz CT molecular complexity index is 523. The molecule has 0 atom stereocenters. The highest BCUT2D eigenvalue weighted by Crippen LogP contribution is 2.25. The zero-order valence-corrected chi connectivity index (χ0v) is 10.1. The first-order valence-electron chi connectivity index (χ1n) is 5.31. The van der Waals surface area contributed by atoms with Gasteiger partial charge in [0, 0.05) is 16.1 Å². The average molecular weight is 236 g/mol. The lowest BCUT2D eigenvalue weighted by molar-refractivity contribution is 0.283. The van der Waals surface area contributed by atoms with Crippen molar-refractivity contribution >= 4 is 22.5 Å². The smallest absolute Gasteiger partial charge is 0.0710 e. The van der Waals surface area contributed by atoms with Gasteiger partial charge in [-0.15, -0.1) is 0 Å². The van der Waals surface area contributed by atoms with E-state index >= 15 is 0 Å². The second-order valence-electron chi connectivity index (χ2n) is 4.18. The van der Waals surface area contributed by atoms with Crippen molar-refractivity contribution in [2.45, 2.75) is 26.4 Å². The van der Waals surface area contributed by atoms with E-state index in [1.54, 1.807) is 0 Å². The highest BCUT2D eigenvalue weighted by Gasteiger charge is 2.08. The van der Waals surface area contributed by atoms with Crippen molar-refractivity contribution < 1.29 is 5.11 Å². The van der Waals surface area contributed by atoms with Crippen molar-refractivity contribution in [2.75, 3.05) is 0 Å². The van der Waals surface area contributed by atoms with E-state index in [2.05, 4.69) is 18.8 Å². The molecule has 0 aliphatic carbocycles. The number of aliphatic hydroxyl groups is 1. The molecule has 16 heavy (non-hydrogen) atoms. The fourth-order valence-electron chi connectivity index (χ4n) is 1.72. The van der Waals surface area contributed by atoms with Gasteiger partial charge in [0.1, 0.15) is 0 Å². The summed E-state index contributed by atoms with van der Waals surface area (Å²) >= 11 is 5.94. The van der Waals surface area contributed by atoms with Gasteiger partial charge < -0.3 is 5.11 Å². The lowest BCUT2D eigenvalue weighted by atomic mass is 10.0. The van der Waals surface area contributed by atoms with E-state index < -0.39 is 0 Å². The second-order valence-corrected chi connectivity index (χ2v) is 4.62. The third-order valence-electron chi connectivity index (χ3n) is 2.64. The maximum atomic E-state index is 9.36. The van der Waals surface area contributed by atoms with Crippen LogP contribution in [0.25, 0.3) is 10.9 Å². The summed E-state index contributed by atoms with van der Waals surface area (Å²) in [5.74, 6) is 0.352. The zero-order chi connectivity index (χ0) is 11.7. The third-order valence-corrected chi connectivity index (χ3v) is 2.87. The lowest BCUT2D eigenvalue weighted by Crippen LogP contribution is -1.97. The van der Waals surface area contributed by atoms with Crippen LogP contribution in [0.1, 0.15) is 31.0 Å².